The number of benzene rings is 1. The zero-order chi connectivity index (χ0) is 17.2. The second-order valence-corrected chi connectivity index (χ2v) is 7.77. The van der Waals surface area contributed by atoms with Crippen LogP contribution in [-0.2, 0) is 13.6 Å². The lowest BCUT2D eigenvalue weighted by Gasteiger charge is -2.42. The Kier molecular flexibility index (Phi) is 5.06. The predicted octanol–water partition coefficient (Wildman–Crippen LogP) is 2.24. The molecule has 1 aromatic heterocycles. The topological polar surface area (TPSA) is 44.5 Å². The molecular weight excluding hydrogens is 312 g/mol. The van der Waals surface area contributed by atoms with Crippen molar-refractivity contribution in [3.63, 3.8) is 0 Å². The van der Waals surface area contributed by atoms with Gasteiger partial charge in [-0.15, -0.1) is 0 Å². The molecule has 4 rings (SSSR count). The van der Waals surface area contributed by atoms with E-state index < -0.39 is 0 Å². The van der Waals surface area contributed by atoms with E-state index in [1.807, 2.05) is 0 Å². The summed E-state index contributed by atoms with van der Waals surface area (Å²) in [7, 11) is 2.13. The van der Waals surface area contributed by atoms with Crippen LogP contribution in [0.15, 0.2) is 24.3 Å². The molecule has 0 bridgehead atoms. The molecule has 5 nitrogen and oxygen atoms in total. The first-order valence-electron chi connectivity index (χ1n) is 9.72. The first kappa shape index (κ1) is 17.0. The van der Waals surface area contributed by atoms with Gasteiger partial charge in [0.25, 0.3) is 0 Å². The van der Waals surface area contributed by atoms with Gasteiger partial charge in [0, 0.05) is 26.2 Å². The maximum absolute atomic E-state index is 9.34. The van der Waals surface area contributed by atoms with Gasteiger partial charge in [-0.1, -0.05) is 12.1 Å². The van der Waals surface area contributed by atoms with Crippen LogP contribution in [0, 0.1) is 5.92 Å². The summed E-state index contributed by atoms with van der Waals surface area (Å²) in [5.74, 6) is 1.69. The van der Waals surface area contributed by atoms with Crippen molar-refractivity contribution in [1.29, 1.82) is 0 Å². The molecule has 25 heavy (non-hydrogen) atoms. The summed E-state index contributed by atoms with van der Waals surface area (Å²) in [4.78, 5) is 10.1. The van der Waals surface area contributed by atoms with Gasteiger partial charge in [-0.25, -0.2) is 4.98 Å². The number of aliphatic hydroxyl groups is 1. The minimum Gasteiger partial charge on any atom is -0.396 e. The fraction of sp³-hybridized carbons (Fsp3) is 0.650. The lowest BCUT2D eigenvalue weighted by Crippen LogP contribution is -2.50. The first-order valence-corrected chi connectivity index (χ1v) is 9.72. The molecule has 0 spiro atoms. The molecule has 1 N–H and O–H groups in total. The van der Waals surface area contributed by atoms with E-state index in [2.05, 4.69) is 45.7 Å². The Labute approximate surface area is 150 Å². The van der Waals surface area contributed by atoms with Crippen molar-refractivity contribution in [2.45, 2.75) is 38.3 Å². The van der Waals surface area contributed by atoms with E-state index in [0.717, 1.165) is 44.5 Å². The number of aliphatic hydroxyl groups excluding tert-OH is 1. The van der Waals surface area contributed by atoms with Gasteiger partial charge in [0.2, 0.25) is 0 Å². The van der Waals surface area contributed by atoms with Crippen molar-refractivity contribution in [2.75, 3.05) is 32.8 Å². The van der Waals surface area contributed by atoms with E-state index >= 15 is 0 Å². The van der Waals surface area contributed by atoms with Crippen LogP contribution < -0.4 is 0 Å². The third-order valence-electron chi connectivity index (χ3n) is 6.15. The number of nitrogens with zero attached hydrogens (tertiary/aromatic N) is 4. The quantitative estimate of drug-likeness (QED) is 0.926. The second-order valence-electron chi connectivity index (χ2n) is 7.77. The average Bonchev–Trinajstić information content (AvgIpc) is 2.98. The third-order valence-corrected chi connectivity index (χ3v) is 6.15. The van der Waals surface area contributed by atoms with Crippen molar-refractivity contribution < 1.29 is 5.11 Å². The summed E-state index contributed by atoms with van der Waals surface area (Å²) in [5.41, 5.74) is 2.32. The molecule has 3 heterocycles. The molecule has 2 aliphatic heterocycles. The molecular formula is C20H30N4O. The highest BCUT2D eigenvalue weighted by atomic mass is 16.3. The standard InChI is InChI=1S/C20H30N4O/c1-22-19-7-3-2-6-18(19)21-20(22)14-23-10-4-5-17(13-23)24-11-8-16(15-25)9-12-24/h2-3,6-7,16-17,25H,4-5,8-15H2,1H3. The molecule has 0 radical (unpaired) electrons. The van der Waals surface area contributed by atoms with Crippen LogP contribution >= 0.6 is 0 Å². The molecule has 1 unspecified atom stereocenters. The SMILES string of the molecule is Cn1c(CN2CCCC(N3CCC(CO)CC3)C2)nc2ccccc21. The minimum absolute atomic E-state index is 0.358. The van der Waals surface area contributed by atoms with E-state index in [0.29, 0.717) is 18.6 Å². The Bertz CT molecular complexity index is 705. The zero-order valence-corrected chi connectivity index (χ0v) is 15.3. The Morgan fingerprint density at radius 1 is 1.12 bits per heavy atom. The number of aromatic nitrogens is 2. The van der Waals surface area contributed by atoms with Gasteiger partial charge in [-0.05, 0) is 63.4 Å². The van der Waals surface area contributed by atoms with E-state index in [9.17, 15) is 5.11 Å². The summed E-state index contributed by atoms with van der Waals surface area (Å²) in [5, 5.41) is 9.34. The summed E-state index contributed by atoms with van der Waals surface area (Å²) >= 11 is 0. The Balaban J connectivity index is 1.40. The normalized spacial score (nSPS) is 24.2. The Hall–Kier alpha value is -1.43. The minimum atomic E-state index is 0.358. The molecule has 0 saturated carbocycles. The van der Waals surface area contributed by atoms with Crippen LogP contribution in [0.25, 0.3) is 11.0 Å². The molecule has 0 amide bonds. The van der Waals surface area contributed by atoms with Crippen LogP contribution in [-0.4, -0.2) is 63.3 Å². The number of imidazole rings is 1. The average molecular weight is 342 g/mol. The molecule has 2 fully saturated rings. The van der Waals surface area contributed by atoms with Crippen molar-refractivity contribution >= 4 is 11.0 Å². The summed E-state index contributed by atoms with van der Waals surface area (Å²) in [6.45, 7) is 5.91. The van der Waals surface area contributed by atoms with Crippen molar-refractivity contribution in [3.05, 3.63) is 30.1 Å². The molecule has 136 valence electrons. The van der Waals surface area contributed by atoms with Crippen molar-refractivity contribution in [1.82, 2.24) is 19.4 Å². The zero-order valence-electron chi connectivity index (χ0n) is 15.3. The van der Waals surface area contributed by atoms with E-state index in [1.165, 1.54) is 30.7 Å². The third kappa shape index (κ3) is 3.59. The predicted molar refractivity (Wildman–Crippen MR) is 100 cm³/mol. The lowest BCUT2D eigenvalue weighted by atomic mass is 9.94. The molecule has 1 atom stereocenters. The number of likely N-dealkylation sites (tertiary alicyclic amines) is 2. The maximum Gasteiger partial charge on any atom is 0.123 e. The van der Waals surface area contributed by atoms with Crippen molar-refractivity contribution in [3.8, 4) is 0 Å². The highest BCUT2D eigenvalue weighted by molar-refractivity contribution is 5.75. The molecule has 2 aliphatic rings. The fourth-order valence-electron chi connectivity index (χ4n) is 4.51. The van der Waals surface area contributed by atoms with Gasteiger partial charge in [-0.2, -0.15) is 0 Å². The highest BCUT2D eigenvalue weighted by Crippen LogP contribution is 2.24. The van der Waals surface area contributed by atoms with Crippen LogP contribution in [0.1, 0.15) is 31.5 Å². The maximum atomic E-state index is 9.34. The molecule has 1 aromatic carbocycles. The van der Waals surface area contributed by atoms with Gasteiger partial charge >= 0.3 is 0 Å². The van der Waals surface area contributed by atoms with Crippen molar-refractivity contribution in [2.24, 2.45) is 13.0 Å². The van der Waals surface area contributed by atoms with Crippen LogP contribution in [0.4, 0.5) is 0 Å². The summed E-state index contributed by atoms with van der Waals surface area (Å²) < 4.78 is 2.24. The van der Waals surface area contributed by atoms with Crippen LogP contribution in [0.2, 0.25) is 0 Å². The number of rotatable bonds is 4. The van der Waals surface area contributed by atoms with Gasteiger partial charge in [0.1, 0.15) is 5.82 Å². The van der Waals surface area contributed by atoms with Crippen LogP contribution in [0.3, 0.4) is 0 Å². The van der Waals surface area contributed by atoms with Crippen LogP contribution in [0.5, 0.6) is 0 Å². The number of para-hydroxylation sites is 2. The van der Waals surface area contributed by atoms with Gasteiger partial charge in [-0.3, -0.25) is 9.80 Å². The Morgan fingerprint density at radius 3 is 2.68 bits per heavy atom. The fourth-order valence-corrected chi connectivity index (χ4v) is 4.51. The van der Waals surface area contributed by atoms with Gasteiger partial charge < -0.3 is 9.67 Å². The summed E-state index contributed by atoms with van der Waals surface area (Å²) in [6, 6.07) is 9.06. The summed E-state index contributed by atoms with van der Waals surface area (Å²) in [6.07, 6.45) is 4.88. The monoisotopic (exact) mass is 342 g/mol. The molecule has 2 saturated heterocycles. The lowest BCUT2D eigenvalue weighted by molar-refractivity contribution is 0.0534. The molecule has 5 heteroatoms. The van der Waals surface area contributed by atoms with E-state index in [-0.39, 0.29) is 0 Å². The highest BCUT2D eigenvalue weighted by Gasteiger charge is 2.29. The second kappa shape index (κ2) is 7.44. The van der Waals surface area contributed by atoms with E-state index in [4.69, 9.17) is 4.98 Å². The largest absolute Gasteiger partial charge is 0.396 e. The number of hydrogen-bond acceptors (Lipinski definition) is 4. The molecule has 0 aliphatic carbocycles. The van der Waals surface area contributed by atoms with E-state index in [1.54, 1.807) is 0 Å². The van der Waals surface area contributed by atoms with Gasteiger partial charge in [0.15, 0.2) is 0 Å². The number of fused-ring (bicyclic) bond motifs is 1. The molecule has 2 aromatic rings. The Morgan fingerprint density at radius 2 is 1.92 bits per heavy atom. The number of hydrogen-bond donors (Lipinski definition) is 1. The first-order chi connectivity index (χ1) is 12.2. The van der Waals surface area contributed by atoms with Gasteiger partial charge in [0.05, 0.1) is 17.6 Å². The number of aryl methyl sites for hydroxylation is 1. The smallest absolute Gasteiger partial charge is 0.123 e. The number of piperidine rings is 2.